The number of benzene rings is 3. The number of piperazine rings is 1. The average Bonchev–Trinajstić information content (AvgIpc) is 3.42. The van der Waals surface area contributed by atoms with Gasteiger partial charge in [0.25, 0.3) is 0 Å². The molecule has 5 rings (SSSR count). The molecule has 0 aromatic heterocycles. The van der Waals surface area contributed by atoms with Crippen LogP contribution in [-0.2, 0) is 11.2 Å². The summed E-state index contributed by atoms with van der Waals surface area (Å²) in [4.78, 5) is 17.8. The van der Waals surface area contributed by atoms with E-state index in [4.69, 9.17) is 4.74 Å². The molecule has 4 nitrogen and oxygen atoms in total. The fourth-order valence-electron chi connectivity index (χ4n) is 5.29. The van der Waals surface area contributed by atoms with Gasteiger partial charge in [0.1, 0.15) is 11.5 Å². The fourth-order valence-corrected chi connectivity index (χ4v) is 5.29. The number of rotatable bonds is 6. The number of aryl methyl sites for hydroxylation is 1. The molecule has 2 aliphatic heterocycles. The zero-order chi connectivity index (χ0) is 22.1. The molecule has 3 aromatic rings. The molecule has 3 unspecified atom stereocenters. The normalized spacial score (nSPS) is 21.0. The average molecular weight is 427 g/mol. The second-order valence-corrected chi connectivity index (χ2v) is 9.05. The van der Waals surface area contributed by atoms with Crippen LogP contribution in [0.15, 0.2) is 78.9 Å². The quantitative estimate of drug-likeness (QED) is 0.531. The van der Waals surface area contributed by atoms with Crippen LogP contribution in [0.2, 0.25) is 0 Å². The Kier molecular flexibility index (Phi) is 5.71. The van der Waals surface area contributed by atoms with E-state index in [1.807, 2.05) is 54.6 Å². The van der Waals surface area contributed by atoms with Crippen molar-refractivity contribution in [3.05, 3.63) is 95.6 Å². The van der Waals surface area contributed by atoms with Crippen LogP contribution >= 0.6 is 0 Å². The first-order valence-corrected chi connectivity index (χ1v) is 11.5. The van der Waals surface area contributed by atoms with Gasteiger partial charge >= 0.3 is 0 Å². The van der Waals surface area contributed by atoms with Gasteiger partial charge in [0.05, 0.1) is 6.42 Å². The lowest BCUT2D eigenvalue weighted by atomic mass is 10.0. The Bertz CT molecular complexity index is 1080. The van der Waals surface area contributed by atoms with E-state index in [2.05, 4.69) is 47.9 Å². The van der Waals surface area contributed by atoms with Crippen molar-refractivity contribution in [2.24, 2.45) is 0 Å². The van der Waals surface area contributed by atoms with E-state index in [0.29, 0.717) is 24.5 Å². The Morgan fingerprint density at radius 2 is 1.59 bits per heavy atom. The first-order valence-electron chi connectivity index (χ1n) is 11.5. The van der Waals surface area contributed by atoms with Crippen LogP contribution in [0.4, 0.5) is 0 Å². The lowest BCUT2D eigenvalue weighted by Gasteiger charge is -2.38. The van der Waals surface area contributed by atoms with E-state index < -0.39 is 0 Å². The Morgan fingerprint density at radius 1 is 0.906 bits per heavy atom. The minimum atomic E-state index is 0.234. The van der Waals surface area contributed by atoms with E-state index >= 15 is 0 Å². The van der Waals surface area contributed by atoms with E-state index in [0.717, 1.165) is 36.6 Å². The minimum absolute atomic E-state index is 0.234. The number of para-hydroxylation sites is 1. The summed E-state index contributed by atoms with van der Waals surface area (Å²) < 4.78 is 5.86. The molecular weight excluding hydrogens is 396 g/mol. The fraction of sp³-hybridized carbons (Fsp3) is 0.321. The summed E-state index contributed by atoms with van der Waals surface area (Å²) in [6.45, 7) is 6.30. The zero-order valence-corrected chi connectivity index (χ0v) is 18.8. The van der Waals surface area contributed by atoms with E-state index in [1.54, 1.807) is 0 Å². The third kappa shape index (κ3) is 4.15. The summed E-state index contributed by atoms with van der Waals surface area (Å²) in [5.41, 5.74) is 3.77. The third-order valence-corrected chi connectivity index (χ3v) is 7.00. The van der Waals surface area contributed by atoms with E-state index in [1.165, 1.54) is 11.1 Å². The van der Waals surface area contributed by atoms with Crippen molar-refractivity contribution >= 4 is 5.91 Å². The van der Waals surface area contributed by atoms with Crippen LogP contribution in [0.25, 0.3) is 0 Å². The van der Waals surface area contributed by atoms with Crippen LogP contribution in [0, 0.1) is 6.92 Å². The number of amides is 1. The van der Waals surface area contributed by atoms with Crippen LogP contribution in [0.5, 0.6) is 11.5 Å². The molecule has 32 heavy (non-hydrogen) atoms. The highest BCUT2D eigenvalue weighted by Crippen LogP contribution is 2.37. The SMILES string of the molecule is Cc1ccccc1C(C)N1CC2CC1CN2C(=O)Cc1ccc(Oc2ccccc2)cc1. The highest BCUT2D eigenvalue weighted by atomic mass is 16.5. The van der Waals surface area contributed by atoms with Gasteiger partial charge in [0, 0.05) is 31.2 Å². The molecule has 2 heterocycles. The molecule has 3 aromatic carbocycles. The summed E-state index contributed by atoms with van der Waals surface area (Å²) in [7, 11) is 0. The summed E-state index contributed by atoms with van der Waals surface area (Å²) in [6, 6.07) is 27.4. The number of carbonyl (C=O) groups excluding carboxylic acids is 1. The van der Waals surface area contributed by atoms with Crippen molar-refractivity contribution in [2.45, 2.75) is 44.8 Å². The molecule has 1 amide bonds. The number of hydrogen-bond acceptors (Lipinski definition) is 3. The highest BCUT2D eigenvalue weighted by Gasteiger charge is 2.46. The number of carbonyl (C=O) groups is 1. The summed E-state index contributed by atoms with van der Waals surface area (Å²) in [5.74, 6) is 1.83. The Hall–Kier alpha value is -3.11. The first-order chi connectivity index (χ1) is 15.6. The number of ether oxygens (including phenoxy) is 1. The Morgan fingerprint density at radius 3 is 2.28 bits per heavy atom. The number of fused-ring (bicyclic) bond motifs is 2. The van der Waals surface area contributed by atoms with Gasteiger partial charge in [-0.2, -0.15) is 0 Å². The van der Waals surface area contributed by atoms with Gasteiger partial charge in [-0.15, -0.1) is 0 Å². The molecule has 2 aliphatic rings. The van der Waals surface area contributed by atoms with Crippen molar-refractivity contribution < 1.29 is 9.53 Å². The van der Waals surface area contributed by atoms with Crippen LogP contribution in [0.1, 0.15) is 36.1 Å². The molecule has 0 radical (unpaired) electrons. The number of hydrogen-bond donors (Lipinski definition) is 0. The Labute approximate surface area is 190 Å². The maximum Gasteiger partial charge on any atom is 0.227 e. The summed E-state index contributed by atoms with van der Waals surface area (Å²) in [5, 5.41) is 0. The lowest BCUT2D eigenvalue weighted by molar-refractivity contribution is -0.133. The topological polar surface area (TPSA) is 32.8 Å². The Balaban J connectivity index is 1.18. The van der Waals surface area contributed by atoms with Gasteiger partial charge in [0.15, 0.2) is 0 Å². The zero-order valence-electron chi connectivity index (χ0n) is 18.8. The van der Waals surface area contributed by atoms with Crippen molar-refractivity contribution in [3.63, 3.8) is 0 Å². The van der Waals surface area contributed by atoms with E-state index in [-0.39, 0.29) is 5.91 Å². The van der Waals surface area contributed by atoms with Gasteiger partial charge in [-0.25, -0.2) is 0 Å². The smallest absolute Gasteiger partial charge is 0.227 e. The van der Waals surface area contributed by atoms with Crippen molar-refractivity contribution in [1.29, 1.82) is 0 Å². The van der Waals surface area contributed by atoms with E-state index in [9.17, 15) is 4.79 Å². The van der Waals surface area contributed by atoms with Gasteiger partial charge in [-0.05, 0) is 61.2 Å². The molecular formula is C28H30N2O2. The molecule has 0 saturated carbocycles. The maximum absolute atomic E-state index is 13.1. The highest BCUT2D eigenvalue weighted by molar-refractivity contribution is 5.79. The van der Waals surface area contributed by atoms with Crippen molar-refractivity contribution in [3.8, 4) is 11.5 Å². The predicted octanol–water partition coefficient (Wildman–Crippen LogP) is 5.38. The molecule has 2 fully saturated rings. The van der Waals surface area contributed by atoms with Gasteiger partial charge < -0.3 is 9.64 Å². The largest absolute Gasteiger partial charge is 0.457 e. The second-order valence-electron chi connectivity index (χ2n) is 9.05. The van der Waals surface area contributed by atoms with Crippen LogP contribution < -0.4 is 4.74 Å². The molecule has 164 valence electrons. The predicted molar refractivity (Wildman–Crippen MR) is 127 cm³/mol. The minimum Gasteiger partial charge on any atom is -0.457 e. The standard InChI is InChI=1S/C28H30N2O2/c1-20-8-6-7-11-27(20)21(2)29-18-24-17-23(29)19-30(24)28(31)16-22-12-14-26(15-13-22)32-25-9-4-3-5-10-25/h3-15,21,23-24H,16-19H2,1-2H3. The van der Waals surface area contributed by atoms with Crippen LogP contribution in [-0.4, -0.2) is 40.9 Å². The molecule has 0 aliphatic carbocycles. The van der Waals surface area contributed by atoms with Crippen LogP contribution in [0.3, 0.4) is 0 Å². The maximum atomic E-state index is 13.1. The monoisotopic (exact) mass is 426 g/mol. The van der Waals surface area contributed by atoms with Crippen molar-refractivity contribution in [2.75, 3.05) is 13.1 Å². The first kappa shape index (κ1) is 20.8. The number of nitrogens with zero attached hydrogens (tertiary/aromatic N) is 2. The molecule has 2 saturated heterocycles. The lowest BCUT2D eigenvalue weighted by Crippen LogP contribution is -2.49. The van der Waals surface area contributed by atoms with Crippen molar-refractivity contribution in [1.82, 2.24) is 9.80 Å². The molecule has 2 bridgehead atoms. The second kappa shape index (κ2) is 8.79. The van der Waals surface area contributed by atoms with Gasteiger partial charge in [0.2, 0.25) is 5.91 Å². The summed E-state index contributed by atoms with van der Waals surface area (Å²) >= 11 is 0. The molecule has 0 N–H and O–H groups in total. The number of likely N-dealkylation sites (tertiary alicyclic amines) is 2. The van der Waals surface area contributed by atoms with Gasteiger partial charge in [-0.3, -0.25) is 9.69 Å². The molecule has 3 atom stereocenters. The summed E-state index contributed by atoms with van der Waals surface area (Å²) in [6.07, 6.45) is 1.54. The molecule has 0 spiro atoms. The molecule has 4 heteroatoms. The van der Waals surface area contributed by atoms with Gasteiger partial charge in [-0.1, -0.05) is 54.6 Å². The third-order valence-electron chi connectivity index (χ3n) is 7.00.